The fraction of sp³-hybridized carbons (Fsp3) is 0. The maximum absolute atomic E-state index is 11.2. The van der Waals surface area contributed by atoms with Gasteiger partial charge in [0.2, 0.25) is 0 Å². The first-order valence-electron chi connectivity index (χ1n) is 7.37. The number of allylic oxidation sites excluding steroid dienone is 1. The van der Waals surface area contributed by atoms with Gasteiger partial charge in [0.15, 0.2) is 0 Å². The first-order valence-corrected chi connectivity index (χ1v) is 7.37. The SMILES string of the molecule is N#C/C(=C/c1cccn1-c1cccc(C(=O)O)c1)c1ccccc1. The monoisotopic (exact) mass is 314 g/mol. The van der Waals surface area contributed by atoms with E-state index in [0.717, 1.165) is 16.9 Å². The second kappa shape index (κ2) is 6.67. The lowest BCUT2D eigenvalue weighted by Gasteiger charge is -2.08. The summed E-state index contributed by atoms with van der Waals surface area (Å²) in [4.78, 5) is 11.2. The standard InChI is InChI=1S/C20H14N2O2/c21-14-17(15-6-2-1-3-7-15)13-19-10-5-11-22(19)18-9-4-8-16(12-18)20(23)24/h1-13H,(H,23,24)/b17-13-. The minimum Gasteiger partial charge on any atom is -0.478 e. The number of carboxylic acids is 1. The smallest absolute Gasteiger partial charge is 0.335 e. The van der Waals surface area contributed by atoms with Gasteiger partial charge in [0.1, 0.15) is 0 Å². The molecule has 1 aromatic heterocycles. The van der Waals surface area contributed by atoms with Crippen LogP contribution in [-0.2, 0) is 0 Å². The fourth-order valence-corrected chi connectivity index (χ4v) is 2.48. The molecule has 0 amide bonds. The van der Waals surface area contributed by atoms with E-state index in [1.165, 1.54) is 0 Å². The Balaban J connectivity index is 2.05. The number of hydrogen-bond donors (Lipinski definition) is 1. The summed E-state index contributed by atoms with van der Waals surface area (Å²) in [5.41, 5.74) is 3.14. The van der Waals surface area contributed by atoms with Gasteiger partial charge in [-0.25, -0.2) is 4.79 Å². The van der Waals surface area contributed by atoms with Crippen LogP contribution in [0.1, 0.15) is 21.6 Å². The van der Waals surface area contributed by atoms with Crippen molar-refractivity contribution in [2.75, 3.05) is 0 Å². The van der Waals surface area contributed by atoms with Crippen molar-refractivity contribution in [1.29, 1.82) is 5.26 Å². The Morgan fingerprint density at radius 2 is 1.75 bits per heavy atom. The second-order valence-corrected chi connectivity index (χ2v) is 5.19. The zero-order valence-corrected chi connectivity index (χ0v) is 12.8. The number of aromatic nitrogens is 1. The summed E-state index contributed by atoms with van der Waals surface area (Å²) < 4.78 is 1.85. The summed E-state index contributed by atoms with van der Waals surface area (Å²) in [6, 6.07) is 22.1. The van der Waals surface area contributed by atoms with E-state index in [2.05, 4.69) is 6.07 Å². The normalized spacial score (nSPS) is 11.0. The predicted molar refractivity (Wildman–Crippen MR) is 92.7 cm³/mol. The summed E-state index contributed by atoms with van der Waals surface area (Å²) in [6.45, 7) is 0. The molecule has 0 saturated heterocycles. The average Bonchev–Trinajstić information content (AvgIpc) is 3.08. The van der Waals surface area contributed by atoms with Gasteiger partial charge in [-0.05, 0) is 42.0 Å². The van der Waals surface area contributed by atoms with Crippen molar-refractivity contribution in [3.05, 3.63) is 89.7 Å². The third-order valence-electron chi connectivity index (χ3n) is 3.65. The van der Waals surface area contributed by atoms with Crippen LogP contribution in [-0.4, -0.2) is 15.6 Å². The lowest BCUT2D eigenvalue weighted by Crippen LogP contribution is -2.00. The molecule has 3 aromatic rings. The van der Waals surface area contributed by atoms with Crippen molar-refractivity contribution in [1.82, 2.24) is 4.57 Å². The molecule has 116 valence electrons. The van der Waals surface area contributed by atoms with Gasteiger partial charge in [-0.2, -0.15) is 5.26 Å². The molecule has 0 spiro atoms. The molecular weight excluding hydrogens is 300 g/mol. The van der Waals surface area contributed by atoms with Crippen LogP contribution in [0.25, 0.3) is 17.3 Å². The molecule has 0 aliphatic carbocycles. The highest BCUT2D eigenvalue weighted by atomic mass is 16.4. The van der Waals surface area contributed by atoms with Crippen LogP contribution in [0.3, 0.4) is 0 Å². The van der Waals surface area contributed by atoms with Crippen LogP contribution >= 0.6 is 0 Å². The topological polar surface area (TPSA) is 66.0 Å². The van der Waals surface area contributed by atoms with Gasteiger partial charge in [0, 0.05) is 17.6 Å². The van der Waals surface area contributed by atoms with Crippen molar-refractivity contribution < 1.29 is 9.90 Å². The van der Waals surface area contributed by atoms with E-state index in [-0.39, 0.29) is 5.56 Å². The Kier molecular flexibility index (Phi) is 4.26. The fourth-order valence-electron chi connectivity index (χ4n) is 2.48. The third-order valence-corrected chi connectivity index (χ3v) is 3.65. The molecular formula is C20H14N2O2. The number of hydrogen-bond acceptors (Lipinski definition) is 2. The largest absolute Gasteiger partial charge is 0.478 e. The van der Waals surface area contributed by atoms with E-state index in [1.54, 1.807) is 24.3 Å². The Hall–Kier alpha value is -3.58. The molecule has 1 heterocycles. The van der Waals surface area contributed by atoms with Crippen molar-refractivity contribution in [3.63, 3.8) is 0 Å². The molecule has 0 fully saturated rings. The number of carbonyl (C=O) groups is 1. The number of benzene rings is 2. The van der Waals surface area contributed by atoms with E-state index < -0.39 is 5.97 Å². The second-order valence-electron chi connectivity index (χ2n) is 5.19. The molecule has 24 heavy (non-hydrogen) atoms. The van der Waals surface area contributed by atoms with Crippen LogP contribution < -0.4 is 0 Å². The molecule has 0 aliphatic rings. The summed E-state index contributed by atoms with van der Waals surface area (Å²) in [5, 5.41) is 18.6. The molecule has 2 aromatic carbocycles. The van der Waals surface area contributed by atoms with E-state index in [0.29, 0.717) is 5.57 Å². The Morgan fingerprint density at radius 3 is 2.46 bits per heavy atom. The van der Waals surface area contributed by atoms with Crippen LogP contribution in [0.15, 0.2) is 72.9 Å². The summed E-state index contributed by atoms with van der Waals surface area (Å²) >= 11 is 0. The quantitative estimate of drug-likeness (QED) is 0.732. The molecule has 0 unspecified atom stereocenters. The van der Waals surface area contributed by atoms with E-state index in [4.69, 9.17) is 5.11 Å². The molecule has 0 bridgehead atoms. The zero-order chi connectivity index (χ0) is 16.9. The van der Waals surface area contributed by atoms with Gasteiger partial charge in [-0.3, -0.25) is 0 Å². The van der Waals surface area contributed by atoms with Crippen molar-refractivity contribution in [2.24, 2.45) is 0 Å². The van der Waals surface area contributed by atoms with Crippen LogP contribution in [0.2, 0.25) is 0 Å². The minimum atomic E-state index is -0.969. The molecule has 4 heteroatoms. The molecule has 0 radical (unpaired) electrons. The number of rotatable bonds is 4. The van der Waals surface area contributed by atoms with Gasteiger partial charge in [-0.15, -0.1) is 0 Å². The molecule has 0 atom stereocenters. The lowest BCUT2D eigenvalue weighted by atomic mass is 10.1. The van der Waals surface area contributed by atoms with Gasteiger partial charge >= 0.3 is 5.97 Å². The van der Waals surface area contributed by atoms with Gasteiger partial charge in [-0.1, -0.05) is 36.4 Å². The predicted octanol–water partition coefficient (Wildman–Crippen LogP) is 4.24. The highest BCUT2D eigenvalue weighted by Gasteiger charge is 2.08. The Labute approximate surface area is 139 Å². The van der Waals surface area contributed by atoms with Crippen LogP contribution in [0.4, 0.5) is 0 Å². The number of nitrogens with zero attached hydrogens (tertiary/aromatic N) is 2. The van der Waals surface area contributed by atoms with Crippen molar-refractivity contribution in [2.45, 2.75) is 0 Å². The van der Waals surface area contributed by atoms with Crippen molar-refractivity contribution >= 4 is 17.6 Å². The Bertz CT molecular complexity index is 947. The molecule has 1 N–H and O–H groups in total. The number of nitriles is 1. The molecule has 4 nitrogen and oxygen atoms in total. The van der Waals surface area contributed by atoms with Crippen molar-refractivity contribution in [3.8, 4) is 11.8 Å². The van der Waals surface area contributed by atoms with Gasteiger partial charge in [0.05, 0.1) is 17.2 Å². The summed E-state index contributed by atoms with van der Waals surface area (Å²) in [5.74, 6) is -0.969. The van der Waals surface area contributed by atoms with Crippen LogP contribution in [0, 0.1) is 11.3 Å². The molecule has 0 aliphatic heterocycles. The highest BCUT2D eigenvalue weighted by Crippen LogP contribution is 2.21. The third kappa shape index (κ3) is 3.11. The van der Waals surface area contributed by atoms with Gasteiger partial charge < -0.3 is 9.67 Å². The number of carboxylic acid groups (broad SMARTS) is 1. The number of aromatic carboxylic acids is 1. The maximum atomic E-state index is 11.2. The molecule has 3 rings (SSSR count). The average molecular weight is 314 g/mol. The van der Waals surface area contributed by atoms with E-state index >= 15 is 0 Å². The zero-order valence-electron chi connectivity index (χ0n) is 12.8. The first-order chi connectivity index (χ1) is 11.7. The summed E-state index contributed by atoms with van der Waals surface area (Å²) in [7, 11) is 0. The highest BCUT2D eigenvalue weighted by molar-refractivity contribution is 5.90. The van der Waals surface area contributed by atoms with Gasteiger partial charge in [0.25, 0.3) is 0 Å². The maximum Gasteiger partial charge on any atom is 0.335 e. The van der Waals surface area contributed by atoms with Crippen LogP contribution in [0.5, 0.6) is 0 Å². The minimum absolute atomic E-state index is 0.222. The van der Waals surface area contributed by atoms with E-state index in [9.17, 15) is 10.1 Å². The first kappa shape index (κ1) is 15.3. The summed E-state index contributed by atoms with van der Waals surface area (Å²) in [6.07, 6.45) is 3.63. The lowest BCUT2D eigenvalue weighted by molar-refractivity contribution is 0.0697. The molecule has 0 saturated carbocycles. The Morgan fingerprint density at radius 1 is 1.00 bits per heavy atom. The van der Waals surface area contributed by atoms with E-state index in [1.807, 2.05) is 59.3 Å².